The molecule has 0 aliphatic carbocycles. The molecule has 0 spiro atoms. The second-order valence-corrected chi connectivity index (χ2v) is 9.33. The number of fused-ring (bicyclic) bond motifs is 2. The van der Waals surface area contributed by atoms with E-state index in [0.29, 0.717) is 40.7 Å². The van der Waals surface area contributed by atoms with Gasteiger partial charge in [-0.3, -0.25) is 0 Å². The number of aromatic nitrogens is 3. The van der Waals surface area contributed by atoms with Gasteiger partial charge in [0.25, 0.3) is 6.01 Å². The molecule has 0 saturated carbocycles. The maximum absolute atomic E-state index is 11.9. The maximum atomic E-state index is 11.9. The van der Waals surface area contributed by atoms with Crippen LogP contribution in [0.3, 0.4) is 0 Å². The smallest absolute Gasteiger partial charge is 0.338 e. The number of carbonyl (C=O) groups is 1. The topological polar surface area (TPSA) is 116 Å². The third kappa shape index (κ3) is 4.55. The monoisotopic (exact) mass is 521 g/mol. The van der Waals surface area contributed by atoms with Crippen LogP contribution in [0.1, 0.15) is 17.3 Å². The van der Waals surface area contributed by atoms with E-state index < -0.39 is 6.10 Å². The highest BCUT2D eigenvalue weighted by Crippen LogP contribution is 2.33. The quantitative estimate of drug-likeness (QED) is 0.365. The lowest BCUT2D eigenvalue weighted by atomic mass is 10.0. The molecule has 6 rings (SSSR count). The maximum Gasteiger partial charge on any atom is 0.338 e. The number of aliphatic hydroxyl groups is 1. The number of hydrogen-bond acceptors (Lipinski definition) is 8. The van der Waals surface area contributed by atoms with Crippen LogP contribution in [0, 0.1) is 0 Å². The zero-order valence-corrected chi connectivity index (χ0v) is 20.6. The van der Waals surface area contributed by atoms with Crippen LogP contribution in [-0.4, -0.2) is 70.3 Å². The average Bonchev–Trinajstić information content (AvgIpc) is 3.60. The lowest BCUT2D eigenvalue weighted by Gasteiger charge is -2.15. The number of H-pyrrole nitrogens is 1. The summed E-state index contributed by atoms with van der Waals surface area (Å²) in [5.74, 6) is -0.334. The van der Waals surface area contributed by atoms with Gasteiger partial charge in [-0.15, -0.1) is 0 Å². The van der Waals surface area contributed by atoms with Gasteiger partial charge in [0.05, 0.1) is 41.6 Å². The molecule has 190 valence electrons. The molecule has 1 unspecified atom stereocenters. The number of rotatable bonds is 6. The number of imidazole rings is 1. The molecule has 2 aliphatic rings. The Morgan fingerprint density at radius 3 is 2.43 bits per heavy atom. The molecule has 10 heteroatoms. The molecule has 2 aliphatic heterocycles. The number of benzene rings is 2. The van der Waals surface area contributed by atoms with Crippen LogP contribution in [0.2, 0.25) is 5.02 Å². The minimum atomic E-state index is -0.646. The number of carbonyl (C=O) groups excluding carboxylic acids is 1. The molecule has 37 heavy (non-hydrogen) atoms. The first-order valence-electron chi connectivity index (χ1n) is 12.0. The lowest BCUT2D eigenvalue weighted by Crippen LogP contribution is -2.34. The largest absolute Gasteiger partial charge is 0.462 e. The Balaban J connectivity index is 1.20. The van der Waals surface area contributed by atoms with Gasteiger partial charge in [-0.05, 0) is 36.2 Å². The van der Waals surface area contributed by atoms with Gasteiger partial charge >= 0.3 is 5.97 Å². The molecule has 4 atom stereocenters. The highest BCUT2D eigenvalue weighted by molar-refractivity contribution is 6.33. The molecule has 9 nitrogen and oxygen atoms in total. The first-order chi connectivity index (χ1) is 18.0. The highest BCUT2D eigenvalue weighted by atomic mass is 35.5. The summed E-state index contributed by atoms with van der Waals surface area (Å²) in [5, 5.41) is 10.4. The van der Waals surface area contributed by atoms with Gasteiger partial charge in [-0.1, -0.05) is 48.0 Å². The van der Waals surface area contributed by atoms with E-state index in [-0.39, 0.29) is 36.9 Å². The van der Waals surface area contributed by atoms with E-state index in [1.54, 1.807) is 25.1 Å². The number of esters is 1. The normalized spacial score (nSPS) is 22.8. The van der Waals surface area contributed by atoms with Gasteiger partial charge < -0.3 is 29.0 Å². The molecule has 2 aromatic heterocycles. The summed E-state index contributed by atoms with van der Waals surface area (Å²) in [6.45, 7) is 2.66. The molecule has 2 saturated heterocycles. The van der Waals surface area contributed by atoms with Crippen molar-refractivity contribution in [3.8, 4) is 28.4 Å². The number of nitrogens with one attached hydrogen (secondary N) is 1. The van der Waals surface area contributed by atoms with Crippen LogP contribution in [0.15, 0.2) is 54.6 Å². The SMILES string of the molecule is CCOC(=O)c1ccc(-c2ccc(-c3nc4nc(O[C@@H]5CO[C@@H]6C(O)CO[C@@H]65)[nH]c4cc3Cl)cc2)cc1. The zero-order valence-electron chi connectivity index (χ0n) is 19.9. The van der Waals surface area contributed by atoms with E-state index in [1.807, 2.05) is 36.4 Å². The van der Waals surface area contributed by atoms with Crippen molar-refractivity contribution < 1.29 is 28.8 Å². The number of halogens is 1. The zero-order chi connectivity index (χ0) is 25.5. The van der Waals surface area contributed by atoms with Crippen LogP contribution in [-0.2, 0) is 14.2 Å². The van der Waals surface area contributed by atoms with Crippen molar-refractivity contribution in [3.05, 3.63) is 65.2 Å². The molecule has 0 radical (unpaired) electrons. The molecule has 2 aromatic carbocycles. The Labute approximate surface area is 217 Å². The van der Waals surface area contributed by atoms with Gasteiger partial charge in [0.2, 0.25) is 0 Å². The molecular weight excluding hydrogens is 498 g/mol. The van der Waals surface area contributed by atoms with Gasteiger partial charge in [-0.2, -0.15) is 4.98 Å². The van der Waals surface area contributed by atoms with Crippen LogP contribution in [0.4, 0.5) is 0 Å². The predicted molar refractivity (Wildman–Crippen MR) is 136 cm³/mol. The van der Waals surface area contributed by atoms with Crippen molar-refractivity contribution >= 4 is 28.7 Å². The number of ether oxygens (including phenoxy) is 4. The number of nitrogens with zero attached hydrogens (tertiary/aromatic N) is 2. The van der Waals surface area contributed by atoms with Crippen LogP contribution in [0.25, 0.3) is 33.5 Å². The van der Waals surface area contributed by atoms with Gasteiger partial charge in [0.1, 0.15) is 18.3 Å². The Bertz CT molecular complexity index is 1440. The summed E-state index contributed by atoms with van der Waals surface area (Å²) >= 11 is 6.57. The van der Waals surface area contributed by atoms with E-state index in [4.69, 9.17) is 30.5 Å². The first-order valence-corrected chi connectivity index (χ1v) is 12.4. The number of aromatic amines is 1. The van der Waals surface area contributed by atoms with Crippen LogP contribution < -0.4 is 4.74 Å². The summed E-state index contributed by atoms with van der Waals surface area (Å²) in [6.07, 6.45) is -1.74. The molecule has 2 N–H and O–H groups in total. The Morgan fingerprint density at radius 2 is 1.70 bits per heavy atom. The molecular formula is C27H24ClN3O6. The van der Waals surface area contributed by atoms with Crippen molar-refractivity contribution in [3.63, 3.8) is 0 Å². The second kappa shape index (κ2) is 9.75. The fraction of sp³-hybridized carbons (Fsp3) is 0.296. The minimum Gasteiger partial charge on any atom is -0.462 e. The third-order valence-electron chi connectivity index (χ3n) is 6.54. The first kappa shape index (κ1) is 23.9. The summed E-state index contributed by atoms with van der Waals surface area (Å²) in [5.41, 5.74) is 5.03. The highest BCUT2D eigenvalue weighted by Gasteiger charge is 2.48. The lowest BCUT2D eigenvalue weighted by molar-refractivity contribution is 0.00706. The van der Waals surface area contributed by atoms with Crippen molar-refractivity contribution in [2.24, 2.45) is 0 Å². The van der Waals surface area contributed by atoms with Gasteiger partial charge in [0.15, 0.2) is 11.8 Å². The molecule has 2 fully saturated rings. The number of hydrogen-bond donors (Lipinski definition) is 2. The van der Waals surface area contributed by atoms with Crippen LogP contribution >= 0.6 is 11.6 Å². The minimum absolute atomic E-state index is 0.230. The number of aliphatic hydroxyl groups excluding tert-OH is 1. The Kier molecular flexibility index (Phi) is 6.29. The van der Waals surface area contributed by atoms with Gasteiger partial charge in [-0.25, -0.2) is 9.78 Å². The second-order valence-electron chi connectivity index (χ2n) is 8.93. The summed E-state index contributed by atoms with van der Waals surface area (Å²) in [6, 6.07) is 17.2. The molecule has 0 bridgehead atoms. The van der Waals surface area contributed by atoms with Crippen molar-refractivity contribution in [2.75, 3.05) is 19.8 Å². The molecule has 4 aromatic rings. The van der Waals surface area contributed by atoms with Crippen molar-refractivity contribution in [1.82, 2.24) is 15.0 Å². The fourth-order valence-electron chi connectivity index (χ4n) is 4.68. The van der Waals surface area contributed by atoms with Crippen LogP contribution in [0.5, 0.6) is 6.01 Å². The van der Waals surface area contributed by atoms with Crippen molar-refractivity contribution in [2.45, 2.75) is 31.3 Å². The van der Waals surface area contributed by atoms with Gasteiger partial charge in [0, 0.05) is 5.56 Å². The van der Waals surface area contributed by atoms with E-state index in [1.165, 1.54) is 0 Å². The van der Waals surface area contributed by atoms with E-state index in [9.17, 15) is 9.90 Å². The Hall–Kier alpha value is -3.50. The predicted octanol–water partition coefficient (Wildman–Crippen LogP) is 4.03. The Morgan fingerprint density at radius 1 is 1.03 bits per heavy atom. The number of pyridine rings is 1. The van der Waals surface area contributed by atoms with Crippen molar-refractivity contribution in [1.29, 1.82) is 0 Å². The van der Waals surface area contributed by atoms with E-state index in [2.05, 4.69) is 15.0 Å². The molecule has 4 heterocycles. The fourth-order valence-corrected chi connectivity index (χ4v) is 4.94. The standard InChI is InChI=1S/C27H24ClN3O6/c1-2-34-26(33)17-9-5-15(6-10-17)14-3-7-16(8-4-14)22-18(28)11-19-25(30-22)31-27(29-19)37-21-13-36-23-20(32)12-35-24(21)23/h3-11,20-21,23-24,32H,2,12-13H2,1H3,(H,29,30,31)/t20?,21-,23-,24-/m1/s1. The molecule has 0 amide bonds. The summed E-state index contributed by atoms with van der Waals surface area (Å²) < 4.78 is 22.2. The van der Waals surface area contributed by atoms with E-state index in [0.717, 1.165) is 16.7 Å². The third-order valence-corrected chi connectivity index (χ3v) is 6.83. The summed E-state index contributed by atoms with van der Waals surface area (Å²) in [4.78, 5) is 24.1. The van der Waals surface area contributed by atoms with E-state index >= 15 is 0 Å². The summed E-state index contributed by atoms with van der Waals surface area (Å²) in [7, 11) is 0. The average molecular weight is 522 g/mol.